The highest BCUT2D eigenvalue weighted by Gasteiger charge is 2.51. The lowest BCUT2D eigenvalue weighted by Gasteiger charge is -2.34. The van der Waals surface area contributed by atoms with Crippen molar-refractivity contribution in [3.63, 3.8) is 0 Å². The number of rotatable bonds is 2. The molecule has 4 rings (SSSR count). The van der Waals surface area contributed by atoms with Crippen LogP contribution in [0, 0.1) is 6.92 Å². The van der Waals surface area contributed by atoms with Crippen LogP contribution >= 0.6 is 0 Å². The van der Waals surface area contributed by atoms with Crippen LogP contribution in [0.15, 0.2) is 18.5 Å². The van der Waals surface area contributed by atoms with Gasteiger partial charge in [0.2, 0.25) is 0 Å². The van der Waals surface area contributed by atoms with E-state index in [4.69, 9.17) is 9.47 Å². The average molecular weight is 289 g/mol. The number of aryl methyl sites for hydroxylation is 1. The lowest BCUT2D eigenvalue weighted by atomic mass is 9.90. The fraction of sp³-hybridized carbons (Fsp3) is 0.538. The van der Waals surface area contributed by atoms with Gasteiger partial charge in [-0.1, -0.05) is 5.21 Å². The Kier molecular flexibility index (Phi) is 2.78. The third kappa shape index (κ3) is 2.03. The van der Waals surface area contributed by atoms with E-state index in [1.807, 2.05) is 6.92 Å². The molecular formula is C13H15N5O3. The second-order valence-corrected chi connectivity index (χ2v) is 5.43. The van der Waals surface area contributed by atoms with Crippen LogP contribution in [0.2, 0.25) is 0 Å². The van der Waals surface area contributed by atoms with Crippen LogP contribution in [0.3, 0.4) is 0 Å². The Bertz CT molecular complexity index is 675. The molecule has 3 atom stereocenters. The van der Waals surface area contributed by atoms with Crippen LogP contribution in [0.4, 0.5) is 0 Å². The summed E-state index contributed by atoms with van der Waals surface area (Å²) in [5, 5.41) is 18.9. The first-order valence-electron chi connectivity index (χ1n) is 6.87. The van der Waals surface area contributed by atoms with E-state index in [1.165, 1.54) is 4.68 Å². The molecule has 0 spiro atoms. The second-order valence-electron chi connectivity index (χ2n) is 5.43. The van der Waals surface area contributed by atoms with E-state index < -0.39 is 11.9 Å². The highest BCUT2D eigenvalue weighted by molar-refractivity contribution is 5.17. The van der Waals surface area contributed by atoms with E-state index in [1.54, 1.807) is 18.5 Å². The van der Waals surface area contributed by atoms with Gasteiger partial charge in [0.25, 0.3) is 5.95 Å². The molecule has 2 aromatic rings. The minimum atomic E-state index is -1.27. The topological polar surface area (TPSA) is 95.2 Å². The predicted octanol–water partition coefficient (Wildman–Crippen LogP) is 0.0886. The van der Waals surface area contributed by atoms with Crippen molar-refractivity contribution in [1.29, 1.82) is 0 Å². The van der Waals surface area contributed by atoms with Crippen molar-refractivity contribution < 1.29 is 14.6 Å². The summed E-state index contributed by atoms with van der Waals surface area (Å²) in [4.78, 5) is 8.42. The first-order valence-corrected chi connectivity index (χ1v) is 6.87. The SMILES string of the molecule is Cc1ccnc(-n2cc(C3(O)CC[C@H]4CO[C@@H]3O4)nn2)n1. The molecule has 8 nitrogen and oxygen atoms in total. The number of nitrogens with zero attached hydrogens (tertiary/aromatic N) is 5. The third-order valence-corrected chi connectivity index (χ3v) is 3.91. The Hall–Kier alpha value is -1.90. The monoisotopic (exact) mass is 289 g/mol. The molecule has 1 N–H and O–H groups in total. The zero-order chi connectivity index (χ0) is 14.4. The summed E-state index contributed by atoms with van der Waals surface area (Å²) in [6, 6.07) is 1.80. The molecule has 0 amide bonds. The number of aliphatic hydroxyl groups is 1. The molecule has 2 aliphatic heterocycles. The lowest BCUT2D eigenvalue weighted by Crippen LogP contribution is -2.44. The standard InChI is InChI=1S/C13H15N5O3/c1-8-3-5-14-12(15-8)18-6-10(16-17-18)13(19)4-2-9-7-20-11(13)21-9/h3,5-6,9,11,19H,2,4,7H2,1H3/t9-,11+,13?/m0/s1. The molecule has 2 bridgehead atoms. The molecule has 0 aromatic carbocycles. The van der Waals surface area contributed by atoms with Gasteiger partial charge >= 0.3 is 0 Å². The van der Waals surface area contributed by atoms with Gasteiger partial charge in [-0.05, 0) is 25.8 Å². The maximum Gasteiger partial charge on any atom is 0.252 e. The van der Waals surface area contributed by atoms with Gasteiger partial charge in [0.1, 0.15) is 5.69 Å². The molecule has 0 radical (unpaired) electrons. The summed E-state index contributed by atoms with van der Waals surface area (Å²) in [7, 11) is 0. The zero-order valence-electron chi connectivity index (χ0n) is 11.5. The molecule has 4 heterocycles. The molecule has 21 heavy (non-hydrogen) atoms. The van der Waals surface area contributed by atoms with Gasteiger partial charge < -0.3 is 14.6 Å². The predicted molar refractivity (Wildman–Crippen MR) is 69.4 cm³/mol. The van der Waals surface area contributed by atoms with Gasteiger partial charge in [-0.2, -0.15) is 4.68 Å². The first-order chi connectivity index (χ1) is 10.1. The highest BCUT2D eigenvalue weighted by atomic mass is 16.7. The molecule has 1 unspecified atom stereocenters. The third-order valence-electron chi connectivity index (χ3n) is 3.91. The van der Waals surface area contributed by atoms with Gasteiger partial charge in [0.05, 0.1) is 18.9 Å². The minimum Gasteiger partial charge on any atom is -0.378 e. The van der Waals surface area contributed by atoms with Crippen molar-refractivity contribution in [2.75, 3.05) is 6.61 Å². The van der Waals surface area contributed by atoms with Crippen LogP contribution in [-0.4, -0.2) is 49.1 Å². The zero-order valence-corrected chi connectivity index (χ0v) is 11.5. The average Bonchev–Trinajstić information content (AvgIpc) is 3.12. The van der Waals surface area contributed by atoms with Gasteiger partial charge in [0.15, 0.2) is 11.9 Å². The van der Waals surface area contributed by atoms with Gasteiger partial charge in [-0.25, -0.2) is 9.97 Å². The fourth-order valence-corrected chi connectivity index (χ4v) is 2.70. The van der Waals surface area contributed by atoms with Crippen LogP contribution in [0.1, 0.15) is 24.2 Å². The molecular weight excluding hydrogens is 274 g/mol. The van der Waals surface area contributed by atoms with E-state index in [-0.39, 0.29) is 6.10 Å². The summed E-state index contributed by atoms with van der Waals surface area (Å²) >= 11 is 0. The number of ether oxygens (including phenoxy) is 2. The van der Waals surface area contributed by atoms with Gasteiger partial charge in [0, 0.05) is 11.9 Å². The van der Waals surface area contributed by atoms with Crippen molar-refractivity contribution in [1.82, 2.24) is 25.0 Å². The summed E-state index contributed by atoms with van der Waals surface area (Å²) in [6.07, 6.45) is 3.95. The van der Waals surface area contributed by atoms with Crippen LogP contribution < -0.4 is 0 Å². The van der Waals surface area contributed by atoms with E-state index in [0.29, 0.717) is 24.7 Å². The molecule has 2 fully saturated rings. The maximum atomic E-state index is 10.8. The van der Waals surface area contributed by atoms with E-state index >= 15 is 0 Å². The summed E-state index contributed by atoms with van der Waals surface area (Å²) in [6.45, 7) is 2.39. The molecule has 0 saturated carbocycles. The van der Waals surface area contributed by atoms with E-state index in [2.05, 4.69) is 20.3 Å². The smallest absolute Gasteiger partial charge is 0.252 e. The van der Waals surface area contributed by atoms with Crippen molar-refractivity contribution in [2.24, 2.45) is 0 Å². The molecule has 0 aliphatic carbocycles. The summed E-state index contributed by atoms with van der Waals surface area (Å²) in [5.41, 5.74) is -0.0218. The van der Waals surface area contributed by atoms with Crippen LogP contribution in [-0.2, 0) is 15.1 Å². The van der Waals surface area contributed by atoms with E-state index in [9.17, 15) is 5.11 Å². The fourth-order valence-electron chi connectivity index (χ4n) is 2.70. The normalized spacial score (nSPS) is 31.5. The number of hydrogen-bond donors (Lipinski definition) is 1. The Morgan fingerprint density at radius 1 is 1.48 bits per heavy atom. The number of hydrogen-bond acceptors (Lipinski definition) is 7. The summed E-state index contributed by atoms with van der Waals surface area (Å²) in [5.74, 6) is 0.416. The quantitative estimate of drug-likeness (QED) is 0.837. The molecule has 8 heteroatoms. The minimum absolute atomic E-state index is 0.0745. The first kappa shape index (κ1) is 12.8. The van der Waals surface area contributed by atoms with Crippen molar-refractivity contribution in [3.8, 4) is 5.95 Å². The van der Waals surface area contributed by atoms with Crippen molar-refractivity contribution in [2.45, 2.75) is 37.8 Å². The van der Waals surface area contributed by atoms with Crippen molar-refractivity contribution in [3.05, 3.63) is 29.8 Å². The number of fused-ring (bicyclic) bond motifs is 2. The van der Waals surface area contributed by atoms with E-state index in [0.717, 1.165) is 12.1 Å². The largest absolute Gasteiger partial charge is 0.378 e. The Balaban J connectivity index is 1.68. The molecule has 110 valence electrons. The molecule has 2 aromatic heterocycles. The Labute approximate surface area is 120 Å². The van der Waals surface area contributed by atoms with Crippen LogP contribution in [0.5, 0.6) is 0 Å². The molecule has 2 saturated heterocycles. The highest BCUT2D eigenvalue weighted by Crippen LogP contribution is 2.40. The Morgan fingerprint density at radius 2 is 2.38 bits per heavy atom. The van der Waals surface area contributed by atoms with Gasteiger partial charge in [-0.3, -0.25) is 0 Å². The summed E-state index contributed by atoms with van der Waals surface area (Å²) < 4.78 is 12.6. The van der Waals surface area contributed by atoms with Gasteiger partial charge in [-0.15, -0.1) is 5.10 Å². The second kappa shape index (κ2) is 4.55. The maximum absolute atomic E-state index is 10.8. The van der Waals surface area contributed by atoms with Crippen LogP contribution in [0.25, 0.3) is 5.95 Å². The Morgan fingerprint density at radius 3 is 3.24 bits per heavy atom. The van der Waals surface area contributed by atoms with Crippen molar-refractivity contribution >= 4 is 0 Å². The molecule has 2 aliphatic rings. The lowest BCUT2D eigenvalue weighted by molar-refractivity contribution is -0.219. The number of aromatic nitrogens is 5.